The third-order valence-corrected chi connectivity index (χ3v) is 4.84. The summed E-state index contributed by atoms with van der Waals surface area (Å²) in [7, 11) is 0. The van der Waals surface area contributed by atoms with Crippen LogP contribution in [0.5, 0.6) is 5.75 Å². The minimum Gasteiger partial charge on any atom is -0.405 e. The first-order valence-electron chi connectivity index (χ1n) is 8.55. The van der Waals surface area contributed by atoms with Gasteiger partial charge in [0.1, 0.15) is 11.4 Å². The monoisotopic (exact) mass is 473 g/mol. The van der Waals surface area contributed by atoms with Crippen molar-refractivity contribution in [1.82, 2.24) is 19.6 Å². The number of fused-ring (bicyclic) bond motifs is 1. The van der Waals surface area contributed by atoms with E-state index in [9.17, 15) is 31.1 Å². The number of alkyl halides is 6. The Morgan fingerprint density at radius 3 is 2.50 bits per heavy atom. The second-order valence-electron chi connectivity index (χ2n) is 6.17. The molecule has 0 spiro atoms. The lowest BCUT2D eigenvalue weighted by molar-refractivity contribution is -0.274. The molecule has 166 valence electrons. The first kappa shape index (κ1) is 21.5. The van der Waals surface area contributed by atoms with E-state index in [-0.39, 0.29) is 22.6 Å². The maximum Gasteiger partial charge on any atom is 0.573 e. The van der Waals surface area contributed by atoms with Crippen molar-refractivity contribution in [1.29, 1.82) is 0 Å². The first-order chi connectivity index (χ1) is 15.0. The molecule has 3 heterocycles. The van der Waals surface area contributed by atoms with Gasteiger partial charge in [-0.2, -0.15) is 18.3 Å². The molecule has 4 rings (SSSR count). The highest BCUT2D eigenvalue weighted by Crippen LogP contribution is 2.34. The molecule has 0 saturated carbocycles. The van der Waals surface area contributed by atoms with Crippen molar-refractivity contribution in [2.24, 2.45) is 0 Å². The van der Waals surface area contributed by atoms with E-state index in [1.54, 1.807) is 0 Å². The second kappa shape index (κ2) is 7.78. The molecule has 0 unspecified atom stereocenters. The zero-order valence-electron chi connectivity index (χ0n) is 15.4. The number of aromatic nitrogens is 4. The average Bonchev–Trinajstić information content (AvgIpc) is 3.34. The Balaban J connectivity index is 1.66. The van der Waals surface area contributed by atoms with Crippen LogP contribution in [0, 0.1) is 0 Å². The largest absolute Gasteiger partial charge is 0.573 e. The number of halogens is 6. The number of amides is 1. The Bertz CT molecular complexity index is 1300. The maximum atomic E-state index is 12.7. The van der Waals surface area contributed by atoms with Crippen LogP contribution in [0.3, 0.4) is 0 Å². The summed E-state index contributed by atoms with van der Waals surface area (Å²) in [6.07, 6.45) is -7.02. The molecular weight excluding hydrogens is 464 g/mol. The molecule has 0 fully saturated rings. The molecule has 7 nitrogen and oxygen atoms in total. The fourth-order valence-electron chi connectivity index (χ4n) is 2.68. The van der Waals surface area contributed by atoms with Crippen molar-refractivity contribution < 1.29 is 35.9 Å². The van der Waals surface area contributed by atoms with E-state index in [0.717, 1.165) is 6.07 Å². The molecule has 0 aliphatic rings. The second-order valence-corrected chi connectivity index (χ2v) is 7.03. The molecule has 3 aromatic heterocycles. The Morgan fingerprint density at radius 1 is 1.06 bits per heavy atom. The van der Waals surface area contributed by atoms with Crippen LogP contribution in [-0.2, 0) is 6.18 Å². The summed E-state index contributed by atoms with van der Waals surface area (Å²) in [6.45, 7) is 0. The highest BCUT2D eigenvalue weighted by atomic mass is 32.1. The van der Waals surface area contributed by atoms with Crippen molar-refractivity contribution >= 4 is 28.6 Å². The summed E-state index contributed by atoms with van der Waals surface area (Å²) in [5.41, 5.74) is -1.02. The Hall–Kier alpha value is -3.68. The van der Waals surface area contributed by atoms with Crippen molar-refractivity contribution in [3.63, 3.8) is 0 Å². The van der Waals surface area contributed by atoms with Gasteiger partial charge in [0, 0.05) is 17.1 Å². The molecule has 4 aromatic rings. The number of carbonyl (C=O) groups is 1. The van der Waals surface area contributed by atoms with Gasteiger partial charge >= 0.3 is 12.5 Å². The van der Waals surface area contributed by atoms with E-state index in [1.807, 2.05) is 0 Å². The van der Waals surface area contributed by atoms with Gasteiger partial charge in [0.25, 0.3) is 5.91 Å². The quantitative estimate of drug-likeness (QED) is 0.421. The molecule has 0 aliphatic heterocycles. The van der Waals surface area contributed by atoms with E-state index in [4.69, 9.17) is 0 Å². The SMILES string of the molecule is O=C(Nc1cnn2ccc(-c3ccccc3OC(F)(F)F)nc12)c1nc(C(F)(F)F)cs1. The van der Waals surface area contributed by atoms with Crippen LogP contribution in [0.1, 0.15) is 15.5 Å². The van der Waals surface area contributed by atoms with Crippen LogP contribution in [0.2, 0.25) is 0 Å². The molecule has 0 aliphatic carbocycles. The Labute approximate surface area is 178 Å². The molecular formula is C18H9F6N5O2S. The highest BCUT2D eigenvalue weighted by Gasteiger charge is 2.35. The number of nitrogens with zero attached hydrogens (tertiary/aromatic N) is 4. The molecule has 0 saturated heterocycles. The summed E-state index contributed by atoms with van der Waals surface area (Å²) in [5, 5.41) is 6.59. The van der Waals surface area contributed by atoms with Gasteiger partial charge in [-0.1, -0.05) is 12.1 Å². The van der Waals surface area contributed by atoms with Gasteiger partial charge in [-0.25, -0.2) is 14.5 Å². The van der Waals surface area contributed by atoms with E-state index >= 15 is 0 Å². The normalized spacial score (nSPS) is 12.2. The lowest BCUT2D eigenvalue weighted by Gasteiger charge is -2.13. The van der Waals surface area contributed by atoms with Gasteiger partial charge in [-0.3, -0.25) is 4.79 Å². The van der Waals surface area contributed by atoms with Gasteiger partial charge in [0.05, 0.1) is 11.9 Å². The number of thiazole rings is 1. The van der Waals surface area contributed by atoms with Crippen LogP contribution >= 0.6 is 11.3 Å². The number of carbonyl (C=O) groups excluding carboxylic acids is 1. The number of benzene rings is 1. The number of ether oxygens (including phenoxy) is 1. The zero-order chi connectivity index (χ0) is 23.1. The van der Waals surface area contributed by atoms with Crippen LogP contribution in [0.15, 0.2) is 48.1 Å². The van der Waals surface area contributed by atoms with Crippen LogP contribution in [0.25, 0.3) is 16.9 Å². The summed E-state index contributed by atoms with van der Waals surface area (Å²) in [5.74, 6) is -1.40. The molecule has 0 bridgehead atoms. The molecule has 14 heteroatoms. The van der Waals surface area contributed by atoms with Crippen molar-refractivity contribution in [3.05, 3.63) is 58.8 Å². The Morgan fingerprint density at radius 2 is 1.81 bits per heavy atom. The molecule has 1 amide bonds. The molecule has 0 atom stereocenters. The minimum absolute atomic E-state index is 0.0230. The van der Waals surface area contributed by atoms with Crippen LogP contribution in [0.4, 0.5) is 32.0 Å². The van der Waals surface area contributed by atoms with Gasteiger partial charge in [-0.15, -0.1) is 24.5 Å². The smallest absolute Gasteiger partial charge is 0.405 e. The van der Waals surface area contributed by atoms with Crippen molar-refractivity contribution in [2.75, 3.05) is 5.32 Å². The predicted molar refractivity (Wildman–Crippen MR) is 100 cm³/mol. The number of hydrogen-bond acceptors (Lipinski definition) is 6. The van der Waals surface area contributed by atoms with Gasteiger partial charge in [0.15, 0.2) is 16.3 Å². The summed E-state index contributed by atoms with van der Waals surface area (Å²) < 4.78 is 81.5. The third-order valence-electron chi connectivity index (χ3n) is 3.99. The molecule has 1 N–H and O–H groups in total. The number of rotatable bonds is 4. The third kappa shape index (κ3) is 4.49. The number of para-hydroxylation sites is 1. The standard InChI is InChI=1S/C18H9F6N5O2S/c19-17(20,21)13-8-32-16(28-13)15(30)27-11-7-25-29-6-5-10(26-14(11)29)9-3-1-2-4-12(9)31-18(22,23)24/h1-8H,(H,27,30). The van der Waals surface area contributed by atoms with Gasteiger partial charge < -0.3 is 10.1 Å². The summed E-state index contributed by atoms with van der Waals surface area (Å²) in [4.78, 5) is 19.8. The van der Waals surface area contributed by atoms with E-state index in [0.29, 0.717) is 16.7 Å². The molecule has 0 radical (unpaired) electrons. The summed E-state index contributed by atoms with van der Waals surface area (Å²) >= 11 is 0.505. The predicted octanol–water partition coefficient (Wildman–Crippen LogP) is 5.02. The van der Waals surface area contributed by atoms with Gasteiger partial charge in [-0.05, 0) is 18.2 Å². The lowest BCUT2D eigenvalue weighted by Crippen LogP contribution is -2.17. The lowest BCUT2D eigenvalue weighted by atomic mass is 10.1. The van der Waals surface area contributed by atoms with Crippen LogP contribution in [-0.4, -0.2) is 31.9 Å². The highest BCUT2D eigenvalue weighted by molar-refractivity contribution is 7.11. The minimum atomic E-state index is -4.92. The fraction of sp³-hybridized carbons (Fsp3) is 0.111. The molecule has 32 heavy (non-hydrogen) atoms. The number of hydrogen-bond donors (Lipinski definition) is 1. The summed E-state index contributed by atoms with van der Waals surface area (Å²) in [6, 6.07) is 6.72. The zero-order valence-corrected chi connectivity index (χ0v) is 16.2. The average molecular weight is 473 g/mol. The van der Waals surface area contributed by atoms with Crippen molar-refractivity contribution in [2.45, 2.75) is 12.5 Å². The van der Waals surface area contributed by atoms with Crippen molar-refractivity contribution in [3.8, 4) is 17.0 Å². The van der Waals surface area contributed by atoms with Crippen LogP contribution < -0.4 is 10.1 Å². The number of nitrogens with one attached hydrogen (secondary N) is 1. The number of anilines is 1. The topological polar surface area (TPSA) is 81.4 Å². The molecule has 1 aromatic carbocycles. The van der Waals surface area contributed by atoms with Gasteiger partial charge in [0.2, 0.25) is 0 Å². The first-order valence-corrected chi connectivity index (χ1v) is 9.43. The van der Waals surface area contributed by atoms with E-state index < -0.39 is 34.9 Å². The fourth-order valence-corrected chi connectivity index (χ4v) is 3.40. The van der Waals surface area contributed by atoms with E-state index in [1.165, 1.54) is 41.2 Å². The van der Waals surface area contributed by atoms with E-state index in [2.05, 4.69) is 25.1 Å². The Kier molecular flexibility index (Phi) is 5.24. The maximum absolute atomic E-state index is 12.7.